The van der Waals surface area contributed by atoms with Gasteiger partial charge in [0.1, 0.15) is 0 Å². The molecular weight excluding hydrogens is 140 g/mol. The SMILES string of the molecule is CC(C)N(C)CC[C@H](N)CO. The van der Waals surface area contributed by atoms with E-state index in [2.05, 4.69) is 25.8 Å². The van der Waals surface area contributed by atoms with E-state index in [1.165, 1.54) is 0 Å². The highest BCUT2D eigenvalue weighted by Gasteiger charge is 2.05. The van der Waals surface area contributed by atoms with E-state index in [1.54, 1.807) is 0 Å². The number of hydrogen-bond donors (Lipinski definition) is 2. The van der Waals surface area contributed by atoms with E-state index < -0.39 is 0 Å². The van der Waals surface area contributed by atoms with Crippen molar-refractivity contribution < 1.29 is 5.11 Å². The number of nitrogens with two attached hydrogens (primary N) is 1. The van der Waals surface area contributed by atoms with Crippen LogP contribution >= 0.6 is 0 Å². The summed E-state index contributed by atoms with van der Waals surface area (Å²) in [5.74, 6) is 0. The van der Waals surface area contributed by atoms with Gasteiger partial charge in [0.05, 0.1) is 6.61 Å². The third-order valence-corrected chi connectivity index (χ3v) is 1.97. The van der Waals surface area contributed by atoms with Crippen LogP contribution in [0.25, 0.3) is 0 Å². The fourth-order valence-electron chi connectivity index (χ4n) is 0.719. The summed E-state index contributed by atoms with van der Waals surface area (Å²) in [5.41, 5.74) is 5.54. The molecule has 0 unspecified atom stereocenters. The maximum Gasteiger partial charge on any atom is 0.0583 e. The molecular formula is C8H20N2O. The van der Waals surface area contributed by atoms with E-state index in [0.717, 1.165) is 13.0 Å². The smallest absolute Gasteiger partial charge is 0.0583 e. The Hall–Kier alpha value is -0.120. The van der Waals surface area contributed by atoms with Crippen LogP contribution in [-0.2, 0) is 0 Å². The highest BCUT2D eigenvalue weighted by Crippen LogP contribution is 1.96. The monoisotopic (exact) mass is 160 g/mol. The van der Waals surface area contributed by atoms with Crippen LogP contribution in [0.1, 0.15) is 20.3 Å². The Labute approximate surface area is 69.2 Å². The second kappa shape index (κ2) is 5.52. The summed E-state index contributed by atoms with van der Waals surface area (Å²) in [6.45, 7) is 5.33. The highest BCUT2D eigenvalue weighted by molar-refractivity contribution is 4.63. The molecule has 68 valence electrons. The first-order chi connectivity index (χ1) is 5.07. The van der Waals surface area contributed by atoms with Gasteiger partial charge >= 0.3 is 0 Å². The molecule has 11 heavy (non-hydrogen) atoms. The summed E-state index contributed by atoms with van der Waals surface area (Å²) in [7, 11) is 2.06. The van der Waals surface area contributed by atoms with Crippen molar-refractivity contribution >= 4 is 0 Å². The quantitative estimate of drug-likeness (QED) is 0.597. The van der Waals surface area contributed by atoms with Gasteiger partial charge in [-0.2, -0.15) is 0 Å². The minimum absolute atomic E-state index is 0.0591. The van der Waals surface area contributed by atoms with Crippen molar-refractivity contribution in [3.63, 3.8) is 0 Å². The van der Waals surface area contributed by atoms with E-state index in [4.69, 9.17) is 10.8 Å². The number of nitrogens with zero attached hydrogens (tertiary/aromatic N) is 1. The second-order valence-corrected chi connectivity index (χ2v) is 3.31. The van der Waals surface area contributed by atoms with E-state index in [1.807, 2.05) is 0 Å². The molecule has 0 aliphatic heterocycles. The molecule has 0 bridgehead atoms. The zero-order chi connectivity index (χ0) is 8.85. The molecule has 0 aromatic rings. The first-order valence-electron chi connectivity index (χ1n) is 4.14. The standard InChI is InChI=1S/C8H20N2O/c1-7(2)10(3)5-4-8(9)6-11/h7-8,11H,4-6,9H2,1-3H3/t8-/m0/s1. The van der Waals surface area contributed by atoms with Crippen molar-refractivity contribution in [1.82, 2.24) is 4.90 Å². The van der Waals surface area contributed by atoms with Crippen LogP contribution in [-0.4, -0.2) is 42.3 Å². The lowest BCUT2D eigenvalue weighted by Crippen LogP contribution is -2.33. The van der Waals surface area contributed by atoms with Gasteiger partial charge in [-0.1, -0.05) is 0 Å². The van der Waals surface area contributed by atoms with E-state index in [9.17, 15) is 0 Å². The zero-order valence-electron chi connectivity index (χ0n) is 7.75. The number of aliphatic hydroxyl groups excluding tert-OH is 1. The fourth-order valence-corrected chi connectivity index (χ4v) is 0.719. The molecule has 0 spiro atoms. The van der Waals surface area contributed by atoms with E-state index >= 15 is 0 Å². The molecule has 0 saturated heterocycles. The lowest BCUT2D eigenvalue weighted by atomic mass is 10.2. The molecule has 0 aliphatic rings. The van der Waals surface area contributed by atoms with Gasteiger partial charge < -0.3 is 15.7 Å². The number of rotatable bonds is 5. The molecule has 0 heterocycles. The van der Waals surface area contributed by atoms with Crippen LogP contribution in [0.15, 0.2) is 0 Å². The molecule has 1 atom stereocenters. The van der Waals surface area contributed by atoms with Crippen molar-refractivity contribution in [2.45, 2.75) is 32.4 Å². The Bertz CT molecular complexity index is 96.1. The normalized spacial score (nSPS) is 14.5. The molecule has 3 N–H and O–H groups in total. The second-order valence-electron chi connectivity index (χ2n) is 3.31. The summed E-state index contributed by atoms with van der Waals surface area (Å²) in [5, 5.41) is 8.64. The van der Waals surface area contributed by atoms with Gasteiger partial charge in [-0.3, -0.25) is 0 Å². The Balaban J connectivity index is 3.37. The summed E-state index contributed by atoms with van der Waals surface area (Å²) >= 11 is 0. The number of aliphatic hydroxyl groups is 1. The van der Waals surface area contributed by atoms with E-state index in [0.29, 0.717) is 6.04 Å². The van der Waals surface area contributed by atoms with Crippen LogP contribution in [0.5, 0.6) is 0 Å². The van der Waals surface area contributed by atoms with Crippen LogP contribution in [0, 0.1) is 0 Å². The van der Waals surface area contributed by atoms with Crippen LogP contribution in [0.2, 0.25) is 0 Å². The maximum absolute atomic E-state index is 8.64. The number of hydrogen-bond acceptors (Lipinski definition) is 3. The topological polar surface area (TPSA) is 49.5 Å². The van der Waals surface area contributed by atoms with Gasteiger partial charge in [0.15, 0.2) is 0 Å². The van der Waals surface area contributed by atoms with Gasteiger partial charge in [-0.15, -0.1) is 0 Å². The molecule has 0 amide bonds. The van der Waals surface area contributed by atoms with Crippen LogP contribution < -0.4 is 5.73 Å². The van der Waals surface area contributed by atoms with Crippen molar-refractivity contribution in [2.24, 2.45) is 5.73 Å². The Morgan fingerprint density at radius 1 is 1.45 bits per heavy atom. The first-order valence-corrected chi connectivity index (χ1v) is 4.14. The molecule has 0 aromatic heterocycles. The average Bonchev–Trinajstić information content (AvgIpc) is 1.99. The fraction of sp³-hybridized carbons (Fsp3) is 1.00. The third kappa shape index (κ3) is 5.18. The highest BCUT2D eigenvalue weighted by atomic mass is 16.3. The molecule has 0 fully saturated rings. The predicted octanol–water partition coefficient (Wildman–Crippen LogP) is 0.0363. The molecule has 0 saturated carbocycles. The van der Waals surface area contributed by atoms with Gasteiger partial charge in [0.25, 0.3) is 0 Å². The van der Waals surface area contributed by atoms with Crippen LogP contribution in [0.3, 0.4) is 0 Å². The predicted molar refractivity (Wildman–Crippen MR) is 47.4 cm³/mol. The molecule has 0 aromatic carbocycles. The lowest BCUT2D eigenvalue weighted by Gasteiger charge is -2.22. The van der Waals surface area contributed by atoms with Gasteiger partial charge in [-0.05, 0) is 33.9 Å². The van der Waals surface area contributed by atoms with Crippen molar-refractivity contribution in [3.8, 4) is 0 Å². The molecule has 0 aliphatic carbocycles. The third-order valence-electron chi connectivity index (χ3n) is 1.97. The Kier molecular flexibility index (Phi) is 5.46. The molecule has 0 radical (unpaired) electrons. The van der Waals surface area contributed by atoms with Crippen molar-refractivity contribution in [1.29, 1.82) is 0 Å². The lowest BCUT2D eigenvalue weighted by molar-refractivity contribution is 0.223. The minimum atomic E-state index is -0.0591. The van der Waals surface area contributed by atoms with Crippen molar-refractivity contribution in [3.05, 3.63) is 0 Å². The minimum Gasteiger partial charge on any atom is -0.395 e. The maximum atomic E-state index is 8.64. The molecule has 3 nitrogen and oxygen atoms in total. The largest absolute Gasteiger partial charge is 0.395 e. The summed E-state index contributed by atoms with van der Waals surface area (Å²) < 4.78 is 0. The summed E-state index contributed by atoms with van der Waals surface area (Å²) in [4.78, 5) is 2.22. The van der Waals surface area contributed by atoms with Gasteiger partial charge in [0, 0.05) is 12.1 Å². The van der Waals surface area contributed by atoms with E-state index in [-0.39, 0.29) is 12.6 Å². The van der Waals surface area contributed by atoms with Crippen LogP contribution in [0.4, 0.5) is 0 Å². The first kappa shape index (κ1) is 10.9. The van der Waals surface area contributed by atoms with Gasteiger partial charge in [0.2, 0.25) is 0 Å². The Morgan fingerprint density at radius 3 is 2.36 bits per heavy atom. The summed E-state index contributed by atoms with van der Waals surface area (Å²) in [6.07, 6.45) is 0.866. The average molecular weight is 160 g/mol. The van der Waals surface area contributed by atoms with Crippen molar-refractivity contribution in [2.75, 3.05) is 20.2 Å². The molecule has 0 rings (SSSR count). The Morgan fingerprint density at radius 2 is 2.00 bits per heavy atom. The zero-order valence-corrected chi connectivity index (χ0v) is 7.75. The van der Waals surface area contributed by atoms with Gasteiger partial charge in [-0.25, -0.2) is 0 Å². The summed E-state index contributed by atoms with van der Waals surface area (Å²) in [6, 6.07) is 0.497. The molecule has 3 heteroatoms.